The molecule has 0 bridgehead atoms. The van der Waals surface area contributed by atoms with Gasteiger partial charge in [0.2, 0.25) is 15.9 Å². The van der Waals surface area contributed by atoms with Gasteiger partial charge in [-0.05, 0) is 36.8 Å². The number of carbonyl (C=O) groups excluding carboxylic acids is 1. The van der Waals surface area contributed by atoms with E-state index in [2.05, 4.69) is 5.32 Å². The molecule has 146 valence electrons. The summed E-state index contributed by atoms with van der Waals surface area (Å²) in [5.74, 6) is -0.445. The highest BCUT2D eigenvalue weighted by molar-refractivity contribution is 7.89. The second-order valence-corrected chi connectivity index (χ2v) is 8.30. The maximum absolute atomic E-state index is 12.6. The number of amides is 1. The SMILES string of the molecule is CCN(CC)S(=O)(=O)c1ccc(=O)n(CC(=O)Nc2ccc(Cl)cc2C)c1. The van der Waals surface area contributed by atoms with E-state index in [4.69, 9.17) is 11.6 Å². The van der Waals surface area contributed by atoms with Crippen LogP contribution in [0.2, 0.25) is 5.02 Å². The minimum atomic E-state index is -3.72. The molecule has 0 aliphatic rings. The maximum Gasteiger partial charge on any atom is 0.251 e. The zero-order valence-corrected chi connectivity index (χ0v) is 17.0. The van der Waals surface area contributed by atoms with Crippen LogP contribution in [0.15, 0.2) is 46.2 Å². The van der Waals surface area contributed by atoms with Crippen molar-refractivity contribution in [3.05, 3.63) is 57.5 Å². The summed E-state index contributed by atoms with van der Waals surface area (Å²) >= 11 is 5.89. The first-order valence-electron chi connectivity index (χ1n) is 8.45. The Morgan fingerprint density at radius 1 is 1.19 bits per heavy atom. The highest BCUT2D eigenvalue weighted by Gasteiger charge is 2.22. The lowest BCUT2D eigenvalue weighted by molar-refractivity contribution is -0.116. The zero-order chi connectivity index (χ0) is 20.2. The molecule has 7 nitrogen and oxygen atoms in total. The van der Waals surface area contributed by atoms with E-state index >= 15 is 0 Å². The minimum Gasteiger partial charge on any atom is -0.324 e. The topological polar surface area (TPSA) is 88.5 Å². The fourth-order valence-corrected chi connectivity index (χ4v) is 4.32. The van der Waals surface area contributed by atoms with Crippen LogP contribution >= 0.6 is 11.6 Å². The first-order valence-corrected chi connectivity index (χ1v) is 10.3. The smallest absolute Gasteiger partial charge is 0.251 e. The Hall–Kier alpha value is -2.16. The molecule has 9 heteroatoms. The summed E-state index contributed by atoms with van der Waals surface area (Å²) in [5.41, 5.74) is 0.891. The van der Waals surface area contributed by atoms with E-state index in [9.17, 15) is 18.0 Å². The number of aryl methyl sites for hydroxylation is 1. The van der Waals surface area contributed by atoms with Crippen molar-refractivity contribution in [1.29, 1.82) is 0 Å². The van der Waals surface area contributed by atoms with Gasteiger partial charge in [-0.3, -0.25) is 9.59 Å². The molecule has 0 radical (unpaired) electrons. The Bertz CT molecular complexity index is 998. The van der Waals surface area contributed by atoms with Crippen molar-refractivity contribution < 1.29 is 13.2 Å². The normalized spacial score (nSPS) is 11.6. The first-order chi connectivity index (χ1) is 12.7. The van der Waals surface area contributed by atoms with Gasteiger partial charge in [0.25, 0.3) is 5.56 Å². The molecular weight excluding hydrogens is 390 g/mol. The number of aromatic nitrogens is 1. The van der Waals surface area contributed by atoms with Gasteiger partial charge in [0.05, 0.1) is 4.90 Å². The van der Waals surface area contributed by atoms with Crippen molar-refractivity contribution in [2.75, 3.05) is 18.4 Å². The molecule has 0 saturated carbocycles. The van der Waals surface area contributed by atoms with Gasteiger partial charge in [0.15, 0.2) is 0 Å². The van der Waals surface area contributed by atoms with Crippen LogP contribution in [0.25, 0.3) is 0 Å². The first kappa shape index (κ1) is 21.1. The number of hydrogen-bond donors (Lipinski definition) is 1. The Labute approximate surface area is 163 Å². The number of halogens is 1. The monoisotopic (exact) mass is 411 g/mol. The van der Waals surface area contributed by atoms with Gasteiger partial charge >= 0.3 is 0 Å². The van der Waals surface area contributed by atoms with Crippen LogP contribution in [0.4, 0.5) is 5.69 Å². The van der Waals surface area contributed by atoms with E-state index in [0.29, 0.717) is 23.8 Å². The third-order valence-electron chi connectivity index (χ3n) is 4.08. The van der Waals surface area contributed by atoms with E-state index in [-0.39, 0.29) is 11.4 Å². The number of pyridine rings is 1. The van der Waals surface area contributed by atoms with Crippen molar-refractivity contribution in [3.8, 4) is 0 Å². The van der Waals surface area contributed by atoms with E-state index in [1.165, 1.54) is 16.6 Å². The largest absolute Gasteiger partial charge is 0.324 e. The third-order valence-corrected chi connectivity index (χ3v) is 6.34. The highest BCUT2D eigenvalue weighted by atomic mass is 35.5. The number of sulfonamides is 1. The van der Waals surface area contributed by atoms with E-state index in [0.717, 1.165) is 16.2 Å². The summed E-state index contributed by atoms with van der Waals surface area (Å²) in [6, 6.07) is 7.43. The quantitative estimate of drug-likeness (QED) is 0.758. The number of nitrogens with one attached hydrogen (secondary N) is 1. The number of nitrogens with zero attached hydrogens (tertiary/aromatic N) is 2. The van der Waals surface area contributed by atoms with Gasteiger partial charge in [0.1, 0.15) is 6.54 Å². The molecule has 0 saturated heterocycles. The maximum atomic E-state index is 12.6. The lowest BCUT2D eigenvalue weighted by Crippen LogP contribution is -2.33. The number of benzene rings is 1. The molecule has 2 aromatic rings. The van der Waals surface area contributed by atoms with Crippen LogP contribution in [0, 0.1) is 6.92 Å². The highest BCUT2D eigenvalue weighted by Crippen LogP contribution is 2.19. The second-order valence-electron chi connectivity index (χ2n) is 5.93. The fourth-order valence-electron chi connectivity index (χ4n) is 2.61. The summed E-state index contributed by atoms with van der Waals surface area (Å²) in [6.07, 6.45) is 1.20. The van der Waals surface area contributed by atoms with E-state index < -0.39 is 21.5 Å². The lowest BCUT2D eigenvalue weighted by Gasteiger charge is -2.19. The summed E-state index contributed by atoms with van der Waals surface area (Å²) < 4.78 is 27.6. The minimum absolute atomic E-state index is 0.0266. The number of hydrogen-bond acceptors (Lipinski definition) is 4. The van der Waals surface area contributed by atoms with Crippen LogP contribution in [0.1, 0.15) is 19.4 Å². The second kappa shape index (κ2) is 8.69. The van der Waals surface area contributed by atoms with Crippen LogP contribution in [-0.4, -0.2) is 36.3 Å². The molecule has 1 aromatic carbocycles. The summed E-state index contributed by atoms with van der Waals surface area (Å²) in [6.45, 7) is 5.59. The molecule has 0 unspecified atom stereocenters. The van der Waals surface area contributed by atoms with Gasteiger partial charge < -0.3 is 9.88 Å². The molecule has 0 atom stereocenters. The van der Waals surface area contributed by atoms with Crippen molar-refractivity contribution in [3.63, 3.8) is 0 Å². The summed E-state index contributed by atoms with van der Waals surface area (Å²) in [4.78, 5) is 24.4. The van der Waals surface area contributed by atoms with Gasteiger partial charge in [-0.2, -0.15) is 4.31 Å². The number of carbonyl (C=O) groups is 1. The van der Waals surface area contributed by atoms with Crippen LogP contribution in [0.5, 0.6) is 0 Å². The number of rotatable bonds is 7. The molecule has 27 heavy (non-hydrogen) atoms. The van der Waals surface area contributed by atoms with Gasteiger partial charge in [-0.25, -0.2) is 8.42 Å². The summed E-state index contributed by atoms with van der Waals surface area (Å²) in [5, 5.41) is 3.25. The molecule has 0 fully saturated rings. The van der Waals surface area contributed by atoms with Gasteiger partial charge in [-0.1, -0.05) is 25.4 Å². The average Bonchev–Trinajstić information content (AvgIpc) is 2.60. The van der Waals surface area contributed by atoms with Crippen molar-refractivity contribution in [2.45, 2.75) is 32.2 Å². The predicted molar refractivity (Wildman–Crippen MR) is 106 cm³/mol. The molecule has 0 aliphatic carbocycles. The average molecular weight is 412 g/mol. The lowest BCUT2D eigenvalue weighted by atomic mass is 10.2. The Balaban J connectivity index is 2.26. The Morgan fingerprint density at radius 2 is 1.85 bits per heavy atom. The molecular formula is C18H22ClN3O4S. The van der Waals surface area contributed by atoms with Gasteiger partial charge in [0, 0.05) is 36.1 Å². The van der Waals surface area contributed by atoms with Gasteiger partial charge in [-0.15, -0.1) is 0 Å². The van der Waals surface area contributed by atoms with Crippen LogP contribution in [-0.2, 0) is 21.4 Å². The molecule has 0 spiro atoms. The van der Waals surface area contributed by atoms with E-state index in [1.54, 1.807) is 39.0 Å². The van der Waals surface area contributed by atoms with Crippen molar-refractivity contribution >= 4 is 33.2 Å². The van der Waals surface area contributed by atoms with Crippen LogP contribution in [0.3, 0.4) is 0 Å². The summed E-state index contributed by atoms with van der Waals surface area (Å²) in [7, 11) is -3.72. The zero-order valence-electron chi connectivity index (χ0n) is 15.4. The van der Waals surface area contributed by atoms with E-state index in [1.807, 2.05) is 0 Å². The molecule has 2 rings (SSSR count). The Kier molecular flexibility index (Phi) is 6.80. The molecule has 1 amide bonds. The molecule has 1 heterocycles. The third kappa shape index (κ3) is 4.97. The van der Waals surface area contributed by atoms with Crippen molar-refractivity contribution in [2.24, 2.45) is 0 Å². The standard InChI is InChI=1S/C18H22ClN3O4S/c1-4-22(5-2)27(25,26)15-7-9-18(24)21(11-15)12-17(23)20-16-8-6-14(19)10-13(16)3/h6-11H,4-5,12H2,1-3H3,(H,20,23). The molecule has 1 aromatic heterocycles. The molecule has 0 aliphatic heterocycles. The fraction of sp³-hybridized carbons (Fsp3) is 0.333. The Morgan fingerprint density at radius 3 is 2.44 bits per heavy atom. The molecule has 1 N–H and O–H groups in total. The predicted octanol–water partition coefficient (Wildman–Crippen LogP) is 2.48. The van der Waals surface area contributed by atoms with Crippen LogP contribution < -0.4 is 10.9 Å². The van der Waals surface area contributed by atoms with Crippen molar-refractivity contribution in [1.82, 2.24) is 8.87 Å². The number of anilines is 1.